The topological polar surface area (TPSA) is 38.1 Å². The summed E-state index contributed by atoms with van der Waals surface area (Å²) in [5.74, 6) is 0. The van der Waals surface area contributed by atoms with Crippen LogP contribution >= 0.6 is 11.6 Å². The van der Waals surface area contributed by atoms with Crippen LogP contribution in [0.15, 0.2) is 22.9 Å². The molecule has 14 heavy (non-hydrogen) atoms. The summed E-state index contributed by atoms with van der Waals surface area (Å²) < 4.78 is 5.16. The van der Waals surface area contributed by atoms with Gasteiger partial charge >= 0.3 is 0 Å². The van der Waals surface area contributed by atoms with Gasteiger partial charge < -0.3 is 9.84 Å². The van der Waals surface area contributed by atoms with Gasteiger partial charge in [0.15, 0.2) is 5.58 Å². The first-order valence-corrected chi connectivity index (χ1v) is 4.86. The summed E-state index contributed by atoms with van der Waals surface area (Å²) in [6.07, 6.45) is 2.58. The van der Waals surface area contributed by atoms with Crippen LogP contribution in [0.25, 0.3) is 11.0 Å². The first-order valence-electron chi connectivity index (χ1n) is 4.48. The van der Waals surface area contributed by atoms with E-state index in [0.29, 0.717) is 0 Å². The van der Waals surface area contributed by atoms with Gasteiger partial charge in [-0.25, -0.2) is 0 Å². The van der Waals surface area contributed by atoms with Crippen LogP contribution in [0.3, 0.4) is 0 Å². The molecule has 0 saturated carbocycles. The second-order valence-corrected chi connectivity index (χ2v) is 3.60. The van der Waals surface area contributed by atoms with Crippen molar-refractivity contribution < 1.29 is 4.52 Å². The Morgan fingerprint density at radius 3 is 3.14 bits per heavy atom. The monoisotopic (exact) mass is 210 g/mol. The molecule has 1 aromatic heterocycles. The van der Waals surface area contributed by atoms with E-state index in [9.17, 15) is 0 Å². The van der Waals surface area contributed by atoms with Crippen LogP contribution in [0, 0.1) is 0 Å². The summed E-state index contributed by atoms with van der Waals surface area (Å²) >= 11 is 5.97. The second-order valence-electron chi connectivity index (χ2n) is 3.16. The molecule has 2 aromatic rings. The standard InChI is InChI=1S/C10H11ClN2O/c1-12-3-2-7-4-9(11)5-8-6-13-14-10(7)8/h4-6,12H,2-3H2,1H3. The van der Waals surface area contributed by atoms with Crippen LogP contribution in [-0.4, -0.2) is 18.7 Å². The molecule has 2 rings (SSSR count). The first kappa shape index (κ1) is 9.49. The molecule has 0 aliphatic heterocycles. The van der Waals surface area contributed by atoms with Crippen molar-refractivity contribution >= 4 is 22.6 Å². The SMILES string of the molecule is CNCCc1cc(Cl)cc2cnoc12. The number of nitrogens with zero attached hydrogens (tertiary/aromatic N) is 1. The zero-order chi connectivity index (χ0) is 9.97. The maximum absolute atomic E-state index is 5.97. The van der Waals surface area contributed by atoms with Gasteiger partial charge in [0.2, 0.25) is 0 Å². The van der Waals surface area contributed by atoms with Crippen LogP contribution < -0.4 is 5.32 Å². The van der Waals surface area contributed by atoms with Crippen molar-refractivity contribution in [2.24, 2.45) is 0 Å². The number of nitrogens with one attached hydrogen (secondary N) is 1. The number of likely N-dealkylation sites (N-methyl/N-ethyl adjacent to an activating group) is 1. The van der Waals surface area contributed by atoms with Crippen molar-refractivity contribution in [1.82, 2.24) is 10.5 Å². The van der Waals surface area contributed by atoms with Gasteiger partial charge in [-0.3, -0.25) is 0 Å². The molecule has 0 atom stereocenters. The van der Waals surface area contributed by atoms with E-state index in [1.54, 1.807) is 6.20 Å². The molecule has 0 fully saturated rings. The third-order valence-electron chi connectivity index (χ3n) is 2.14. The van der Waals surface area contributed by atoms with Crippen LogP contribution in [0.2, 0.25) is 5.02 Å². The Balaban J connectivity index is 2.44. The highest BCUT2D eigenvalue weighted by Gasteiger charge is 2.06. The van der Waals surface area contributed by atoms with Crippen molar-refractivity contribution in [1.29, 1.82) is 0 Å². The fourth-order valence-electron chi connectivity index (χ4n) is 1.46. The highest BCUT2D eigenvalue weighted by atomic mass is 35.5. The molecular weight excluding hydrogens is 200 g/mol. The van der Waals surface area contributed by atoms with E-state index in [2.05, 4.69) is 10.5 Å². The lowest BCUT2D eigenvalue weighted by molar-refractivity contribution is 0.454. The molecule has 0 saturated heterocycles. The van der Waals surface area contributed by atoms with E-state index in [4.69, 9.17) is 16.1 Å². The molecule has 1 aromatic carbocycles. The molecule has 0 unspecified atom stereocenters. The van der Waals surface area contributed by atoms with Gasteiger partial charge in [0.25, 0.3) is 0 Å². The van der Waals surface area contributed by atoms with Crippen LogP contribution in [0.4, 0.5) is 0 Å². The Labute approximate surface area is 87.0 Å². The highest BCUT2D eigenvalue weighted by Crippen LogP contribution is 2.23. The number of aromatic nitrogens is 1. The van der Waals surface area contributed by atoms with E-state index in [0.717, 1.165) is 34.5 Å². The third-order valence-corrected chi connectivity index (χ3v) is 2.36. The van der Waals surface area contributed by atoms with Crippen molar-refractivity contribution in [2.75, 3.05) is 13.6 Å². The average Bonchev–Trinajstić information content (AvgIpc) is 2.61. The Bertz CT molecular complexity index is 439. The molecule has 1 heterocycles. The van der Waals surface area contributed by atoms with Gasteiger partial charge in [-0.1, -0.05) is 16.8 Å². The van der Waals surface area contributed by atoms with Gasteiger partial charge in [0, 0.05) is 16.0 Å². The van der Waals surface area contributed by atoms with Gasteiger partial charge in [-0.15, -0.1) is 0 Å². The number of hydrogen-bond donors (Lipinski definition) is 1. The van der Waals surface area contributed by atoms with Gasteiger partial charge in [-0.2, -0.15) is 0 Å². The van der Waals surface area contributed by atoms with Crippen LogP contribution in [0.5, 0.6) is 0 Å². The van der Waals surface area contributed by atoms with E-state index >= 15 is 0 Å². The maximum Gasteiger partial charge on any atom is 0.170 e. The molecule has 0 aliphatic carbocycles. The van der Waals surface area contributed by atoms with Crippen LogP contribution in [0.1, 0.15) is 5.56 Å². The van der Waals surface area contributed by atoms with Gasteiger partial charge in [0.1, 0.15) is 0 Å². The zero-order valence-corrected chi connectivity index (χ0v) is 8.64. The number of rotatable bonds is 3. The fraction of sp³-hybridized carbons (Fsp3) is 0.300. The lowest BCUT2D eigenvalue weighted by Gasteiger charge is -2.01. The minimum atomic E-state index is 0.729. The molecule has 4 heteroatoms. The molecule has 0 radical (unpaired) electrons. The summed E-state index contributed by atoms with van der Waals surface area (Å²) in [5.41, 5.74) is 1.93. The lowest BCUT2D eigenvalue weighted by Crippen LogP contribution is -2.10. The first-order chi connectivity index (χ1) is 6.81. The lowest BCUT2D eigenvalue weighted by atomic mass is 10.1. The number of fused-ring (bicyclic) bond motifs is 1. The number of benzene rings is 1. The smallest absolute Gasteiger partial charge is 0.170 e. The summed E-state index contributed by atoms with van der Waals surface area (Å²) in [7, 11) is 1.92. The summed E-state index contributed by atoms with van der Waals surface area (Å²) in [4.78, 5) is 0. The zero-order valence-electron chi connectivity index (χ0n) is 7.88. The maximum atomic E-state index is 5.97. The summed E-state index contributed by atoms with van der Waals surface area (Å²) in [6.45, 7) is 0.899. The molecule has 74 valence electrons. The quantitative estimate of drug-likeness (QED) is 0.845. The van der Waals surface area contributed by atoms with Crippen molar-refractivity contribution in [3.05, 3.63) is 28.9 Å². The molecule has 3 nitrogen and oxygen atoms in total. The molecule has 0 spiro atoms. The molecule has 0 amide bonds. The molecule has 1 N–H and O–H groups in total. The van der Waals surface area contributed by atoms with Crippen molar-refractivity contribution in [3.8, 4) is 0 Å². The predicted molar refractivity (Wildman–Crippen MR) is 56.6 cm³/mol. The minimum absolute atomic E-state index is 0.729. The van der Waals surface area contributed by atoms with Gasteiger partial charge in [0.05, 0.1) is 6.20 Å². The summed E-state index contributed by atoms with van der Waals surface area (Å²) in [6, 6.07) is 3.78. The van der Waals surface area contributed by atoms with E-state index < -0.39 is 0 Å². The normalized spacial score (nSPS) is 11.0. The Morgan fingerprint density at radius 2 is 2.36 bits per heavy atom. The third kappa shape index (κ3) is 1.74. The fourth-order valence-corrected chi connectivity index (χ4v) is 1.71. The Hall–Kier alpha value is -1.06. The Morgan fingerprint density at radius 1 is 1.50 bits per heavy atom. The largest absolute Gasteiger partial charge is 0.356 e. The molecule has 0 bridgehead atoms. The number of hydrogen-bond acceptors (Lipinski definition) is 3. The highest BCUT2D eigenvalue weighted by molar-refractivity contribution is 6.31. The molecule has 0 aliphatic rings. The Kier molecular flexibility index (Phi) is 2.70. The number of halogens is 1. The predicted octanol–water partition coefficient (Wildman–Crippen LogP) is 2.24. The van der Waals surface area contributed by atoms with Crippen molar-refractivity contribution in [2.45, 2.75) is 6.42 Å². The van der Waals surface area contributed by atoms with Crippen LogP contribution in [-0.2, 0) is 6.42 Å². The van der Waals surface area contributed by atoms with Crippen molar-refractivity contribution in [3.63, 3.8) is 0 Å². The minimum Gasteiger partial charge on any atom is -0.356 e. The van der Waals surface area contributed by atoms with Gasteiger partial charge in [-0.05, 0) is 32.1 Å². The average molecular weight is 211 g/mol. The molecular formula is C10H11ClN2O. The van der Waals surface area contributed by atoms with E-state index in [1.165, 1.54) is 0 Å². The summed E-state index contributed by atoms with van der Waals surface area (Å²) in [5, 5.41) is 8.53. The second kappa shape index (κ2) is 3.98. The van der Waals surface area contributed by atoms with E-state index in [1.807, 2.05) is 19.2 Å². The van der Waals surface area contributed by atoms with E-state index in [-0.39, 0.29) is 0 Å².